The summed E-state index contributed by atoms with van der Waals surface area (Å²) in [6, 6.07) is 9.04. The molecule has 1 N–H and O–H groups in total. The van der Waals surface area contributed by atoms with Crippen LogP contribution in [0.15, 0.2) is 67.0 Å². The van der Waals surface area contributed by atoms with E-state index < -0.39 is 23.7 Å². The molecule has 1 unspecified atom stereocenters. The number of ether oxygens (including phenoxy) is 2. The summed E-state index contributed by atoms with van der Waals surface area (Å²) >= 11 is 0.937. The van der Waals surface area contributed by atoms with E-state index in [1.165, 1.54) is 23.4 Å². The number of rotatable bonds is 9. The van der Waals surface area contributed by atoms with Crippen LogP contribution in [0.1, 0.15) is 45.9 Å². The number of benzene rings is 1. The minimum atomic E-state index is -0.990. The summed E-state index contributed by atoms with van der Waals surface area (Å²) in [5.41, 5.74) is 1.15. The molecule has 1 aliphatic heterocycles. The van der Waals surface area contributed by atoms with Crippen LogP contribution in [-0.2, 0) is 14.3 Å². The zero-order valence-corrected chi connectivity index (χ0v) is 21.2. The SMILES string of the molecule is C=CCOC(=O)c1sc(N2C(=O)C(=O)/C(=C(/O)c3ccncc3)C2c2ccc(OCCC)cc2)nc1C. The molecular formula is C27H25N3O6S. The number of amides is 1. The molecule has 190 valence electrons. The minimum Gasteiger partial charge on any atom is -0.507 e. The first-order valence-corrected chi connectivity index (χ1v) is 12.4. The maximum absolute atomic E-state index is 13.3. The lowest BCUT2D eigenvalue weighted by atomic mass is 9.95. The van der Waals surface area contributed by atoms with Gasteiger partial charge in [-0.2, -0.15) is 0 Å². The van der Waals surface area contributed by atoms with Gasteiger partial charge in [0.05, 0.1) is 23.9 Å². The molecule has 1 aromatic carbocycles. The lowest BCUT2D eigenvalue weighted by Gasteiger charge is -2.23. The fraction of sp³-hybridized carbons (Fsp3) is 0.222. The van der Waals surface area contributed by atoms with E-state index in [1.54, 1.807) is 43.3 Å². The maximum atomic E-state index is 13.3. The Morgan fingerprint density at radius 2 is 1.89 bits per heavy atom. The van der Waals surface area contributed by atoms with Crippen molar-refractivity contribution in [3.63, 3.8) is 0 Å². The molecule has 1 atom stereocenters. The Hall–Kier alpha value is -4.31. The van der Waals surface area contributed by atoms with Crippen LogP contribution in [-0.4, -0.2) is 45.9 Å². The van der Waals surface area contributed by atoms with E-state index in [1.807, 2.05) is 6.92 Å². The largest absolute Gasteiger partial charge is 0.507 e. The molecule has 1 aliphatic rings. The molecular weight excluding hydrogens is 494 g/mol. The van der Waals surface area contributed by atoms with E-state index in [2.05, 4.69) is 16.5 Å². The normalized spacial score (nSPS) is 16.6. The van der Waals surface area contributed by atoms with Crippen molar-refractivity contribution in [2.75, 3.05) is 18.1 Å². The smallest absolute Gasteiger partial charge is 0.350 e. The highest BCUT2D eigenvalue weighted by Crippen LogP contribution is 2.44. The Labute approximate surface area is 217 Å². The van der Waals surface area contributed by atoms with Crippen LogP contribution in [0, 0.1) is 6.92 Å². The molecule has 37 heavy (non-hydrogen) atoms. The van der Waals surface area contributed by atoms with Crippen molar-refractivity contribution in [3.8, 4) is 5.75 Å². The molecule has 10 heteroatoms. The van der Waals surface area contributed by atoms with Crippen LogP contribution < -0.4 is 9.64 Å². The Morgan fingerprint density at radius 1 is 1.19 bits per heavy atom. The predicted molar refractivity (Wildman–Crippen MR) is 139 cm³/mol. The Morgan fingerprint density at radius 3 is 2.54 bits per heavy atom. The molecule has 2 aromatic heterocycles. The van der Waals surface area contributed by atoms with E-state index in [0.717, 1.165) is 17.8 Å². The standard InChI is InChI=1S/C27H25N3O6S/c1-4-14-35-19-8-6-17(7-9-19)21-20(22(31)18-10-12-28-13-11-18)23(32)25(33)30(21)27-29-16(3)24(37-27)26(34)36-15-5-2/h5-13,21,31H,2,4,14-15H2,1,3H3/b22-20+. The second-order valence-electron chi connectivity index (χ2n) is 8.12. The zero-order valence-electron chi connectivity index (χ0n) is 20.3. The number of aliphatic hydroxyl groups excluding tert-OH is 1. The topological polar surface area (TPSA) is 119 Å². The van der Waals surface area contributed by atoms with E-state index in [4.69, 9.17) is 9.47 Å². The maximum Gasteiger partial charge on any atom is 0.350 e. The fourth-order valence-electron chi connectivity index (χ4n) is 3.85. The number of aryl methyl sites for hydroxylation is 1. The van der Waals surface area contributed by atoms with Crippen LogP contribution in [0.25, 0.3) is 5.76 Å². The third-order valence-electron chi connectivity index (χ3n) is 5.58. The second kappa shape index (κ2) is 11.2. The molecule has 0 spiro atoms. The van der Waals surface area contributed by atoms with Crippen molar-refractivity contribution in [2.45, 2.75) is 26.3 Å². The van der Waals surface area contributed by atoms with Crippen LogP contribution in [0.4, 0.5) is 5.13 Å². The molecule has 1 fully saturated rings. The van der Waals surface area contributed by atoms with Gasteiger partial charge in [-0.1, -0.05) is 43.0 Å². The summed E-state index contributed by atoms with van der Waals surface area (Å²) in [6.07, 6.45) is 5.24. The average Bonchev–Trinajstić information content (AvgIpc) is 3.43. The van der Waals surface area contributed by atoms with Gasteiger partial charge in [0.15, 0.2) is 5.13 Å². The molecule has 0 bridgehead atoms. The minimum absolute atomic E-state index is 0.0222. The molecule has 0 radical (unpaired) electrons. The number of hydrogen-bond acceptors (Lipinski definition) is 9. The lowest BCUT2D eigenvalue weighted by Crippen LogP contribution is -2.29. The highest BCUT2D eigenvalue weighted by molar-refractivity contribution is 7.17. The van der Waals surface area contributed by atoms with Crippen LogP contribution in [0.5, 0.6) is 5.75 Å². The number of esters is 1. The summed E-state index contributed by atoms with van der Waals surface area (Å²) in [6.45, 7) is 7.71. The summed E-state index contributed by atoms with van der Waals surface area (Å²) in [5.74, 6) is -2.04. The number of hydrogen-bond donors (Lipinski definition) is 1. The molecule has 0 saturated carbocycles. The number of Topliss-reactive ketones (excluding diaryl/α,β-unsaturated/α-hetero) is 1. The quantitative estimate of drug-likeness (QED) is 0.143. The number of aliphatic hydroxyl groups is 1. The molecule has 0 aliphatic carbocycles. The Bertz CT molecular complexity index is 1360. The van der Waals surface area contributed by atoms with Gasteiger partial charge in [0.1, 0.15) is 23.0 Å². The van der Waals surface area contributed by atoms with Crippen molar-refractivity contribution in [2.24, 2.45) is 0 Å². The first-order chi connectivity index (χ1) is 17.9. The number of thiazole rings is 1. The third-order valence-corrected chi connectivity index (χ3v) is 6.71. The highest BCUT2D eigenvalue weighted by atomic mass is 32.1. The van der Waals surface area contributed by atoms with E-state index >= 15 is 0 Å². The van der Waals surface area contributed by atoms with Gasteiger partial charge in [0, 0.05) is 18.0 Å². The molecule has 1 saturated heterocycles. The molecule has 1 amide bonds. The van der Waals surface area contributed by atoms with Gasteiger partial charge in [0.2, 0.25) is 0 Å². The van der Waals surface area contributed by atoms with Gasteiger partial charge in [-0.3, -0.25) is 19.5 Å². The first kappa shape index (κ1) is 25.8. The number of aromatic nitrogens is 2. The van der Waals surface area contributed by atoms with Crippen LogP contribution in [0.3, 0.4) is 0 Å². The molecule has 3 heterocycles. The van der Waals surface area contributed by atoms with E-state index in [9.17, 15) is 19.5 Å². The van der Waals surface area contributed by atoms with Crippen LogP contribution >= 0.6 is 11.3 Å². The summed E-state index contributed by atoms with van der Waals surface area (Å²) < 4.78 is 10.8. The van der Waals surface area contributed by atoms with Gasteiger partial charge in [-0.25, -0.2) is 9.78 Å². The van der Waals surface area contributed by atoms with Crippen molar-refractivity contribution >= 4 is 39.9 Å². The Balaban J connectivity index is 1.84. The van der Waals surface area contributed by atoms with Crippen LogP contribution in [0.2, 0.25) is 0 Å². The summed E-state index contributed by atoms with van der Waals surface area (Å²) in [4.78, 5) is 48.9. The summed E-state index contributed by atoms with van der Waals surface area (Å²) in [5, 5.41) is 11.3. The summed E-state index contributed by atoms with van der Waals surface area (Å²) in [7, 11) is 0. The molecule has 3 aromatic rings. The van der Waals surface area contributed by atoms with Gasteiger partial charge in [0.25, 0.3) is 5.78 Å². The van der Waals surface area contributed by atoms with Crippen molar-refractivity contribution < 1.29 is 29.0 Å². The molecule has 9 nitrogen and oxygen atoms in total. The van der Waals surface area contributed by atoms with Gasteiger partial charge in [-0.15, -0.1) is 0 Å². The molecule has 4 rings (SSSR count). The number of carbonyl (C=O) groups is 3. The van der Waals surface area contributed by atoms with Crippen molar-refractivity contribution in [1.29, 1.82) is 0 Å². The van der Waals surface area contributed by atoms with Gasteiger partial charge >= 0.3 is 11.9 Å². The monoisotopic (exact) mass is 519 g/mol. The predicted octanol–water partition coefficient (Wildman–Crippen LogP) is 4.60. The van der Waals surface area contributed by atoms with Crippen molar-refractivity contribution in [3.05, 3.63) is 88.7 Å². The average molecular weight is 520 g/mol. The lowest BCUT2D eigenvalue weighted by molar-refractivity contribution is -0.132. The third kappa shape index (κ3) is 5.14. The van der Waals surface area contributed by atoms with Gasteiger partial charge in [-0.05, 0) is 43.2 Å². The fourth-order valence-corrected chi connectivity index (χ4v) is 4.84. The number of nitrogens with zero attached hydrogens (tertiary/aromatic N) is 3. The Kier molecular flexibility index (Phi) is 7.78. The zero-order chi connectivity index (χ0) is 26.5. The number of carbonyl (C=O) groups excluding carboxylic acids is 3. The van der Waals surface area contributed by atoms with Crippen molar-refractivity contribution in [1.82, 2.24) is 9.97 Å². The highest BCUT2D eigenvalue weighted by Gasteiger charge is 2.48. The second-order valence-corrected chi connectivity index (χ2v) is 9.10. The number of ketones is 1. The van der Waals surface area contributed by atoms with E-state index in [-0.39, 0.29) is 27.9 Å². The van der Waals surface area contributed by atoms with Gasteiger partial charge < -0.3 is 14.6 Å². The first-order valence-electron chi connectivity index (χ1n) is 11.6. The van der Waals surface area contributed by atoms with E-state index in [0.29, 0.717) is 29.2 Å². The number of anilines is 1. The number of pyridine rings is 1.